The van der Waals surface area contributed by atoms with Gasteiger partial charge in [0.05, 0.1) is 12.0 Å². The molecule has 0 unspecified atom stereocenters. The van der Waals surface area contributed by atoms with E-state index < -0.39 is 0 Å². The summed E-state index contributed by atoms with van der Waals surface area (Å²) in [5.74, 6) is 1.06. The van der Waals surface area contributed by atoms with Gasteiger partial charge in [-0.1, -0.05) is 42.7 Å². The van der Waals surface area contributed by atoms with Gasteiger partial charge in [0.1, 0.15) is 10.9 Å². The second-order valence-electron chi connectivity index (χ2n) is 3.86. The fourth-order valence-corrected chi connectivity index (χ4v) is 2.66. The SMILES string of the molecule is C=CCOc1cc(/C=C2\SC(=S)NC2=O)ccc1OC. The maximum Gasteiger partial charge on any atom is 0.263 e. The first kappa shape index (κ1) is 14.6. The van der Waals surface area contributed by atoms with Crippen molar-refractivity contribution in [3.05, 3.63) is 41.3 Å². The normalized spacial score (nSPS) is 16.1. The van der Waals surface area contributed by atoms with Gasteiger partial charge in [0.2, 0.25) is 0 Å². The fraction of sp³-hybridized carbons (Fsp3) is 0.143. The molecule has 0 atom stereocenters. The predicted octanol–water partition coefficient (Wildman–Crippen LogP) is 2.75. The molecule has 1 fully saturated rings. The Morgan fingerprint density at radius 1 is 1.45 bits per heavy atom. The Labute approximate surface area is 126 Å². The molecule has 1 aliphatic rings. The summed E-state index contributed by atoms with van der Waals surface area (Å²) in [7, 11) is 1.58. The average molecular weight is 307 g/mol. The molecule has 1 amide bonds. The first-order chi connectivity index (χ1) is 9.63. The minimum atomic E-state index is -0.177. The van der Waals surface area contributed by atoms with Gasteiger partial charge in [0.25, 0.3) is 5.91 Å². The van der Waals surface area contributed by atoms with Crippen LogP contribution in [0.5, 0.6) is 11.5 Å². The number of carbonyl (C=O) groups excluding carboxylic acids is 1. The molecule has 6 heteroatoms. The van der Waals surface area contributed by atoms with E-state index in [-0.39, 0.29) is 5.91 Å². The van der Waals surface area contributed by atoms with Gasteiger partial charge in [0.15, 0.2) is 11.5 Å². The number of rotatable bonds is 5. The second kappa shape index (κ2) is 6.58. The summed E-state index contributed by atoms with van der Waals surface area (Å²) < 4.78 is 11.2. The minimum Gasteiger partial charge on any atom is -0.493 e. The zero-order valence-electron chi connectivity index (χ0n) is 10.8. The maximum absolute atomic E-state index is 11.6. The predicted molar refractivity (Wildman–Crippen MR) is 85.0 cm³/mol. The number of hydrogen-bond donors (Lipinski definition) is 1. The Hall–Kier alpha value is -1.79. The second-order valence-corrected chi connectivity index (χ2v) is 5.58. The quantitative estimate of drug-likeness (QED) is 0.515. The van der Waals surface area contributed by atoms with E-state index in [0.29, 0.717) is 27.3 Å². The van der Waals surface area contributed by atoms with Crippen LogP contribution in [0.25, 0.3) is 6.08 Å². The Bertz CT molecular complexity index is 596. The van der Waals surface area contributed by atoms with Gasteiger partial charge in [-0.05, 0) is 23.8 Å². The highest BCUT2D eigenvalue weighted by Gasteiger charge is 2.22. The molecule has 0 spiro atoms. The van der Waals surface area contributed by atoms with Crippen LogP contribution in [-0.4, -0.2) is 23.9 Å². The Balaban J connectivity index is 2.28. The fourth-order valence-electron chi connectivity index (χ4n) is 1.62. The lowest BCUT2D eigenvalue weighted by atomic mass is 10.2. The molecule has 4 nitrogen and oxygen atoms in total. The molecule has 0 aromatic heterocycles. The van der Waals surface area contributed by atoms with Crippen molar-refractivity contribution < 1.29 is 14.3 Å². The van der Waals surface area contributed by atoms with Crippen LogP contribution in [0, 0.1) is 0 Å². The van der Waals surface area contributed by atoms with E-state index in [1.807, 2.05) is 12.1 Å². The van der Waals surface area contributed by atoms with Crippen molar-refractivity contribution in [2.75, 3.05) is 13.7 Å². The molecule has 104 valence electrons. The van der Waals surface area contributed by atoms with Crippen LogP contribution in [0.1, 0.15) is 5.56 Å². The molecule has 0 radical (unpaired) electrons. The van der Waals surface area contributed by atoms with Crippen molar-refractivity contribution in [1.29, 1.82) is 0 Å². The highest BCUT2D eigenvalue weighted by molar-refractivity contribution is 8.26. The van der Waals surface area contributed by atoms with Crippen molar-refractivity contribution >= 4 is 40.3 Å². The molecule has 1 N–H and O–H groups in total. The van der Waals surface area contributed by atoms with E-state index in [9.17, 15) is 4.79 Å². The van der Waals surface area contributed by atoms with Gasteiger partial charge in [-0.2, -0.15) is 0 Å². The summed E-state index contributed by atoms with van der Waals surface area (Å²) in [6.45, 7) is 3.99. The third-order valence-electron chi connectivity index (χ3n) is 2.48. The van der Waals surface area contributed by atoms with Crippen LogP contribution >= 0.6 is 24.0 Å². The molecule has 0 aliphatic carbocycles. The number of benzene rings is 1. The Morgan fingerprint density at radius 3 is 2.85 bits per heavy atom. The van der Waals surface area contributed by atoms with Gasteiger partial charge in [-0.15, -0.1) is 0 Å². The third-order valence-corrected chi connectivity index (χ3v) is 3.65. The molecule has 1 aliphatic heterocycles. The van der Waals surface area contributed by atoms with Gasteiger partial charge < -0.3 is 14.8 Å². The number of ether oxygens (including phenoxy) is 2. The molecule has 2 rings (SSSR count). The van der Waals surface area contributed by atoms with Crippen LogP contribution in [0.3, 0.4) is 0 Å². The number of methoxy groups -OCH3 is 1. The molecule has 1 heterocycles. The summed E-state index contributed by atoms with van der Waals surface area (Å²) in [6.07, 6.45) is 3.42. The molecular weight excluding hydrogens is 294 g/mol. The lowest BCUT2D eigenvalue weighted by molar-refractivity contribution is -0.115. The van der Waals surface area contributed by atoms with E-state index in [1.54, 1.807) is 25.3 Å². The number of nitrogens with one attached hydrogen (secondary N) is 1. The first-order valence-corrected chi connectivity index (χ1v) is 7.03. The van der Waals surface area contributed by atoms with Crippen molar-refractivity contribution in [2.45, 2.75) is 0 Å². The topological polar surface area (TPSA) is 47.6 Å². The van der Waals surface area contributed by atoms with Crippen molar-refractivity contribution in [2.24, 2.45) is 0 Å². The van der Waals surface area contributed by atoms with Crippen molar-refractivity contribution in [3.63, 3.8) is 0 Å². The summed E-state index contributed by atoms with van der Waals surface area (Å²) in [6, 6.07) is 5.45. The van der Waals surface area contributed by atoms with Crippen LogP contribution in [-0.2, 0) is 4.79 Å². The monoisotopic (exact) mass is 307 g/mol. The van der Waals surface area contributed by atoms with Crippen molar-refractivity contribution in [1.82, 2.24) is 5.32 Å². The number of hydrogen-bond acceptors (Lipinski definition) is 5. The summed E-state index contributed by atoms with van der Waals surface area (Å²) in [5.41, 5.74) is 0.840. The molecule has 0 bridgehead atoms. The molecule has 1 aromatic rings. The Kier molecular flexibility index (Phi) is 4.81. The summed E-state index contributed by atoms with van der Waals surface area (Å²) >= 11 is 6.19. The average Bonchev–Trinajstić information content (AvgIpc) is 2.75. The van der Waals surface area contributed by atoms with E-state index in [2.05, 4.69) is 11.9 Å². The van der Waals surface area contributed by atoms with Crippen LogP contribution in [0.4, 0.5) is 0 Å². The van der Waals surface area contributed by atoms with Crippen LogP contribution in [0.2, 0.25) is 0 Å². The van der Waals surface area contributed by atoms with E-state index in [0.717, 1.165) is 5.56 Å². The number of carbonyl (C=O) groups is 1. The van der Waals surface area contributed by atoms with Gasteiger partial charge >= 0.3 is 0 Å². The lowest BCUT2D eigenvalue weighted by Crippen LogP contribution is -2.17. The smallest absolute Gasteiger partial charge is 0.263 e. The van der Waals surface area contributed by atoms with Crippen LogP contribution in [0.15, 0.2) is 35.8 Å². The lowest BCUT2D eigenvalue weighted by Gasteiger charge is -2.10. The molecule has 20 heavy (non-hydrogen) atoms. The number of thiocarbonyl (C=S) groups is 1. The van der Waals surface area contributed by atoms with E-state index in [1.165, 1.54) is 11.8 Å². The molecular formula is C14H13NO3S2. The van der Waals surface area contributed by atoms with Crippen LogP contribution < -0.4 is 14.8 Å². The summed E-state index contributed by atoms with van der Waals surface area (Å²) in [5, 5.41) is 2.58. The molecule has 1 aromatic carbocycles. The zero-order valence-corrected chi connectivity index (χ0v) is 12.5. The standard InChI is InChI=1S/C14H13NO3S2/c1-3-6-18-11-7-9(4-5-10(11)17-2)8-12-13(16)15-14(19)20-12/h3-5,7-8H,1,6H2,2H3,(H,15,16,19)/b12-8-. The minimum absolute atomic E-state index is 0.177. The van der Waals surface area contributed by atoms with Gasteiger partial charge in [-0.3, -0.25) is 4.79 Å². The largest absolute Gasteiger partial charge is 0.493 e. The maximum atomic E-state index is 11.6. The van der Waals surface area contributed by atoms with Gasteiger partial charge in [0, 0.05) is 0 Å². The van der Waals surface area contributed by atoms with Crippen molar-refractivity contribution in [3.8, 4) is 11.5 Å². The molecule has 0 saturated carbocycles. The highest BCUT2D eigenvalue weighted by Crippen LogP contribution is 2.31. The zero-order chi connectivity index (χ0) is 14.5. The molecule has 1 saturated heterocycles. The Morgan fingerprint density at radius 2 is 2.25 bits per heavy atom. The van der Waals surface area contributed by atoms with E-state index in [4.69, 9.17) is 21.7 Å². The third kappa shape index (κ3) is 3.40. The number of amides is 1. The van der Waals surface area contributed by atoms with Gasteiger partial charge in [-0.25, -0.2) is 0 Å². The first-order valence-electron chi connectivity index (χ1n) is 5.80. The highest BCUT2D eigenvalue weighted by atomic mass is 32.2. The van der Waals surface area contributed by atoms with E-state index >= 15 is 0 Å². The number of thioether (sulfide) groups is 1. The summed E-state index contributed by atoms with van der Waals surface area (Å²) in [4.78, 5) is 12.2.